The van der Waals surface area contributed by atoms with Crippen LogP contribution < -0.4 is 5.32 Å². The lowest BCUT2D eigenvalue weighted by molar-refractivity contribution is 0.0691. The van der Waals surface area contributed by atoms with Crippen LogP contribution >= 0.6 is 0 Å². The van der Waals surface area contributed by atoms with Gasteiger partial charge in [0.15, 0.2) is 11.5 Å². The Morgan fingerprint density at radius 2 is 1.95 bits per heavy atom. The molecule has 19 heavy (non-hydrogen) atoms. The van der Waals surface area contributed by atoms with Gasteiger partial charge in [0.05, 0.1) is 0 Å². The molecule has 0 radical (unpaired) electrons. The van der Waals surface area contributed by atoms with Crippen molar-refractivity contribution < 1.29 is 14.7 Å². The highest BCUT2D eigenvalue weighted by molar-refractivity contribution is 6.05. The molecule has 0 atom stereocenters. The van der Waals surface area contributed by atoms with Crippen LogP contribution in [0.4, 0.5) is 5.82 Å². The molecule has 0 spiro atoms. The molecule has 7 nitrogen and oxygen atoms in total. The number of amides is 1. The number of nitrogens with zero attached hydrogens (tertiary/aromatic N) is 3. The fraction of sp³-hybridized carbons (Fsp3) is 0.0833. The molecular formula is C12H10N4O3. The fourth-order valence-electron chi connectivity index (χ4n) is 1.43. The number of carboxylic acid groups (broad SMARTS) is 1. The lowest BCUT2D eigenvalue weighted by Gasteiger charge is -2.06. The molecule has 0 bridgehead atoms. The van der Waals surface area contributed by atoms with Gasteiger partial charge in [0, 0.05) is 18.1 Å². The summed E-state index contributed by atoms with van der Waals surface area (Å²) in [5, 5.41) is 11.3. The Labute approximate surface area is 108 Å². The van der Waals surface area contributed by atoms with Crippen LogP contribution in [0, 0.1) is 6.92 Å². The predicted molar refractivity (Wildman–Crippen MR) is 65.9 cm³/mol. The van der Waals surface area contributed by atoms with Gasteiger partial charge in [-0.3, -0.25) is 4.79 Å². The Morgan fingerprint density at radius 1 is 1.21 bits per heavy atom. The molecule has 2 rings (SSSR count). The standard InChI is InChI=1S/C12H10N4O3/c1-7-3-2-4-8(15-7)11(17)16-10-9(12(18)19)13-5-6-14-10/h2-6H,1H3,(H,18,19)(H,14,16,17). The van der Waals surface area contributed by atoms with Crippen LogP contribution in [0.15, 0.2) is 30.6 Å². The number of hydrogen-bond acceptors (Lipinski definition) is 5. The van der Waals surface area contributed by atoms with Gasteiger partial charge in [-0.1, -0.05) is 6.07 Å². The van der Waals surface area contributed by atoms with E-state index in [1.54, 1.807) is 19.1 Å². The van der Waals surface area contributed by atoms with Crippen molar-refractivity contribution in [2.75, 3.05) is 5.32 Å². The van der Waals surface area contributed by atoms with Gasteiger partial charge in [0.1, 0.15) is 5.69 Å². The maximum Gasteiger partial charge on any atom is 0.358 e. The number of pyridine rings is 1. The van der Waals surface area contributed by atoms with Crippen molar-refractivity contribution in [3.05, 3.63) is 47.7 Å². The molecule has 0 aromatic carbocycles. The molecule has 0 fully saturated rings. The van der Waals surface area contributed by atoms with Crippen molar-refractivity contribution in [2.45, 2.75) is 6.92 Å². The highest BCUT2D eigenvalue weighted by Gasteiger charge is 2.16. The summed E-state index contributed by atoms with van der Waals surface area (Å²) < 4.78 is 0. The zero-order chi connectivity index (χ0) is 13.8. The fourth-order valence-corrected chi connectivity index (χ4v) is 1.43. The van der Waals surface area contributed by atoms with E-state index in [0.29, 0.717) is 5.69 Å². The predicted octanol–water partition coefficient (Wildman–Crippen LogP) is 1.13. The molecule has 0 saturated carbocycles. The van der Waals surface area contributed by atoms with E-state index in [9.17, 15) is 9.59 Å². The Bertz CT molecular complexity index is 642. The minimum Gasteiger partial charge on any atom is -0.476 e. The van der Waals surface area contributed by atoms with Crippen molar-refractivity contribution in [3.8, 4) is 0 Å². The Morgan fingerprint density at radius 3 is 2.63 bits per heavy atom. The minimum absolute atomic E-state index is 0.108. The summed E-state index contributed by atoms with van der Waals surface area (Å²) in [5.74, 6) is -1.91. The Kier molecular flexibility index (Phi) is 3.46. The van der Waals surface area contributed by atoms with Crippen LogP contribution in [-0.4, -0.2) is 31.9 Å². The molecule has 0 unspecified atom stereocenters. The summed E-state index contributed by atoms with van der Waals surface area (Å²) in [4.78, 5) is 34.3. The maximum absolute atomic E-state index is 11.9. The van der Waals surface area contributed by atoms with Crippen LogP contribution in [-0.2, 0) is 0 Å². The second kappa shape index (κ2) is 5.21. The van der Waals surface area contributed by atoms with Gasteiger partial charge in [-0.05, 0) is 19.1 Å². The average molecular weight is 258 g/mol. The summed E-state index contributed by atoms with van der Waals surface area (Å²) >= 11 is 0. The quantitative estimate of drug-likeness (QED) is 0.854. The SMILES string of the molecule is Cc1cccc(C(=O)Nc2nccnc2C(=O)O)n1. The molecule has 2 aromatic rings. The number of aromatic carboxylic acids is 1. The molecule has 1 amide bonds. The number of carbonyl (C=O) groups excluding carboxylic acids is 1. The van der Waals surface area contributed by atoms with Gasteiger partial charge >= 0.3 is 5.97 Å². The topological polar surface area (TPSA) is 105 Å². The molecular weight excluding hydrogens is 248 g/mol. The van der Waals surface area contributed by atoms with Crippen molar-refractivity contribution in [1.82, 2.24) is 15.0 Å². The number of hydrogen-bond donors (Lipinski definition) is 2. The molecule has 2 aromatic heterocycles. The number of carboxylic acids is 1. The summed E-state index contributed by atoms with van der Waals surface area (Å²) in [6.07, 6.45) is 2.54. The van der Waals surface area contributed by atoms with E-state index < -0.39 is 11.9 Å². The van der Waals surface area contributed by atoms with E-state index in [4.69, 9.17) is 5.11 Å². The lowest BCUT2D eigenvalue weighted by atomic mass is 10.3. The highest BCUT2D eigenvalue weighted by atomic mass is 16.4. The zero-order valence-electron chi connectivity index (χ0n) is 9.99. The second-order valence-corrected chi connectivity index (χ2v) is 3.68. The monoisotopic (exact) mass is 258 g/mol. The van der Waals surface area contributed by atoms with Crippen LogP contribution in [0.3, 0.4) is 0 Å². The molecule has 0 aliphatic rings. The largest absolute Gasteiger partial charge is 0.476 e. The number of nitrogens with one attached hydrogen (secondary N) is 1. The van der Waals surface area contributed by atoms with Crippen LogP contribution in [0.2, 0.25) is 0 Å². The second-order valence-electron chi connectivity index (χ2n) is 3.68. The number of aryl methyl sites for hydroxylation is 1. The number of carbonyl (C=O) groups is 2. The Balaban J connectivity index is 2.27. The van der Waals surface area contributed by atoms with E-state index in [1.807, 2.05) is 0 Å². The smallest absolute Gasteiger partial charge is 0.358 e. The summed E-state index contributed by atoms with van der Waals surface area (Å²) in [7, 11) is 0. The highest BCUT2D eigenvalue weighted by Crippen LogP contribution is 2.10. The van der Waals surface area contributed by atoms with Crippen LogP contribution in [0.25, 0.3) is 0 Å². The van der Waals surface area contributed by atoms with E-state index in [2.05, 4.69) is 20.3 Å². The third-order valence-corrected chi connectivity index (χ3v) is 2.25. The van der Waals surface area contributed by atoms with E-state index >= 15 is 0 Å². The number of rotatable bonds is 3. The molecule has 7 heteroatoms. The zero-order valence-corrected chi connectivity index (χ0v) is 9.99. The van der Waals surface area contributed by atoms with Gasteiger partial charge < -0.3 is 10.4 Å². The first-order valence-corrected chi connectivity index (χ1v) is 5.37. The summed E-state index contributed by atoms with van der Waals surface area (Å²) in [5.41, 5.74) is 0.552. The first-order chi connectivity index (χ1) is 9.08. The third-order valence-electron chi connectivity index (χ3n) is 2.25. The third kappa shape index (κ3) is 2.89. The molecule has 0 aliphatic carbocycles. The first-order valence-electron chi connectivity index (χ1n) is 5.37. The van der Waals surface area contributed by atoms with Crippen molar-refractivity contribution in [1.29, 1.82) is 0 Å². The van der Waals surface area contributed by atoms with Crippen molar-refractivity contribution in [3.63, 3.8) is 0 Å². The average Bonchev–Trinajstić information content (AvgIpc) is 2.39. The van der Waals surface area contributed by atoms with Crippen molar-refractivity contribution in [2.24, 2.45) is 0 Å². The van der Waals surface area contributed by atoms with Crippen LogP contribution in [0.5, 0.6) is 0 Å². The molecule has 2 N–H and O–H groups in total. The minimum atomic E-state index is -1.26. The normalized spacial score (nSPS) is 9.95. The summed E-state index contributed by atoms with van der Waals surface area (Å²) in [6, 6.07) is 4.97. The Hall–Kier alpha value is -2.83. The summed E-state index contributed by atoms with van der Waals surface area (Å²) in [6.45, 7) is 1.75. The van der Waals surface area contributed by atoms with E-state index in [0.717, 1.165) is 0 Å². The van der Waals surface area contributed by atoms with E-state index in [1.165, 1.54) is 18.5 Å². The molecule has 2 heterocycles. The first kappa shape index (κ1) is 12.6. The number of anilines is 1. The molecule has 0 aliphatic heterocycles. The van der Waals surface area contributed by atoms with Crippen molar-refractivity contribution >= 4 is 17.7 Å². The molecule has 96 valence electrons. The van der Waals surface area contributed by atoms with Gasteiger partial charge in [-0.2, -0.15) is 0 Å². The van der Waals surface area contributed by atoms with E-state index in [-0.39, 0.29) is 17.2 Å². The number of aromatic nitrogens is 3. The lowest BCUT2D eigenvalue weighted by Crippen LogP contribution is -2.18. The molecule has 0 saturated heterocycles. The van der Waals surface area contributed by atoms with Gasteiger partial charge in [0.25, 0.3) is 5.91 Å². The van der Waals surface area contributed by atoms with Gasteiger partial charge in [-0.25, -0.2) is 19.7 Å². The van der Waals surface area contributed by atoms with Gasteiger partial charge in [0.2, 0.25) is 0 Å². The maximum atomic E-state index is 11.9. The van der Waals surface area contributed by atoms with Gasteiger partial charge in [-0.15, -0.1) is 0 Å². The van der Waals surface area contributed by atoms with Crippen LogP contribution in [0.1, 0.15) is 26.7 Å².